The van der Waals surface area contributed by atoms with E-state index in [4.69, 9.17) is 0 Å². The molecule has 0 spiro atoms. The molecule has 0 saturated heterocycles. The van der Waals surface area contributed by atoms with Crippen LogP contribution in [0.2, 0.25) is 0 Å². The Bertz CT molecular complexity index is 398. The summed E-state index contributed by atoms with van der Waals surface area (Å²) in [6.45, 7) is 2.13. The summed E-state index contributed by atoms with van der Waals surface area (Å²) >= 11 is 3.53. The van der Waals surface area contributed by atoms with Crippen molar-refractivity contribution in [3.05, 3.63) is 40.4 Å². The molecule has 0 aliphatic heterocycles. The molecule has 0 saturated carbocycles. The van der Waals surface area contributed by atoms with Gasteiger partial charge < -0.3 is 24.8 Å². The van der Waals surface area contributed by atoms with Gasteiger partial charge >= 0.3 is 26.2 Å². The molecule has 0 N–H and O–H groups in total. The van der Waals surface area contributed by atoms with E-state index >= 15 is 0 Å². The van der Waals surface area contributed by atoms with Crippen molar-refractivity contribution in [2.75, 3.05) is 0 Å². The average molecular weight is 370 g/mol. The van der Waals surface area contributed by atoms with Gasteiger partial charge in [-0.25, -0.2) is 0 Å². The molecule has 0 atom stereocenters. The molecule has 0 nitrogen and oxygen atoms in total. The molecule has 0 unspecified atom stereocenters. The monoisotopic (exact) mass is 367 g/mol. The Balaban J connectivity index is 0. The van der Waals surface area contributed by atoms with Crippen LogP contribution in [0.15, 0.2) is 34.8 Å². The number of hydrogen-bond acceptors (Lipinski definition) is 0. The smallest absolute Gasteiger partial charge is 1.00 e. The minimum absolute atomic E-state index is 0. The van der Waals surface area contributed by atoms with Crippen LogP contribution in [0.3, 0.4) is 0 Å². The molecule has 4 heteroatoms. The normalized spacial score (nSPS) is 8.43. The Morgan fingerprint density at radius 2 is 1.86 bits per heavy atom. The summed E-state index contributed by atoms with van der Waals surface area (Å²) in [6.07, 6.45) is 0. The second-order valence-corrected chi connectivity index (χ2v) is 3.57. The van der Waals surface area contributed by atoms with Gasteiger partial charge in [-0.3, -0.25) is 0 Å². The Morgan fingerprint density at radius 3 is 2.43 bits per heavy atom. The van der Waals surface area contributed by atoms with Gasteiger partial charge in [-0.05, 0) is 4.47 Å². The molecule has 2 aromatic rings. The number of hydrogen-bond donors (Lipinski definition) is 0. The molecule has 0 aliphatic carbocycles. The summed E-state index contributed by atoms with van der Waals surface area (Å²) in [4.78, 5) is 0. The maximum Gasteiger partial charge on any atom is 3.00 e. The van der Waals surface area contributed by atoms with E-state index in [2.05, 4.69) is 53.2 Å². The van der Waals surface area contributed by atoms with Gasteiger partial charge in [0, 0.05) is 0 Å². The first-order valence-electron chi connectivity index (χ1n) is 3.59. The number of halogens is 3. The van der Waals surface area contributed by atoms with Crippen LogP contribution in [0, 0.1) is 6.92 Å². The number of rotatable bonds is 0. The zero-order chi connectivity index (χ0) is 7.84. The van der Waals surface area contributed by atoms with Crippen LogP contribution in [0.1, 0.15) is 5.56 Å². The fourth-order valence-corrected chi connectivity index (χ4v) is 2.09. The largest absolute Gasteiger partial charge is 3.00 e. The van der Waals surface area contributed by atoms with Crippen LogP contribution in [-0.2, 0) is 26.2 Å². The number of aryl methyl sites for hydroxylation is 1. The van der Waals surface area contributed by atoms with Gasteiger partial charge in [0.15, 0.2) is 0 Å². The summed E-state index contributed by atoms with van der Waals surface area (Å²) in [5.41, 5.74) is 1.34. The second-order valence-electron chi connectivity index (χ2n) is 2.72. The maximum atomic E-state index is 3.53. The maximum absolute atomic E-state index is 3.53. The molecule has 14 heavy (non-hydrogen) atoms. The second kappa shape index (κ2) is 7.11. The van der Waals surface area contributed by atoms with E-state index in [1.165, 1.54) is 20.8 Å². The van der Waals surface area contributed by atoms with Gasteiger partial charge in [-0.1, -0.05) is 28.9 Å². The van der Waals surface area contributed by atoms with Gasteiger partial charge in [0.25, 0.3) is 0 Å². The molecule has 0 bridgehead atoms. The molecule has 2 rings (SSSR count). The summed E-state index contributed by atoms with van der Waals surface area (Å²) < 4.78 is 1.19. The molecular weight excluding hydrogens is 362 g/mol. The van der Waals surface area contributed by atoms with Crippen LogP contribution in [0.4, 0.5) is 0 Å². The minimum Gasteiger partial charge on any atom is -1.00 e. The van der Waals surface area contributed by atoms with Crippen LogP contribution in [0.5, 0.6) is 0 Å². The molecule has 0 aliphatic rings. The van der Waals surface area contributed by atoms with Crippen molar-refractivity contribution in [1.82, 2.24) is 0 Å². The zero-order valence-corrected chi connectivity index (χ0v) is 13.1. The zero-order valence-electron chi connectivity index (χ0n) is 7.52. The molecule has 0 heterocycles. The van der Waals surface area contributed by atoms with Crippen molar-refractivity contribution < 1.29 is 51.0 Å². The summed E-state index contributed by atoms with van der Waals surface area (Å²) in [6, 6.07) is 10.6. The molecule has 0 fully saturated rings. The minimum atomic E-state index is 0. The quantitative estimate of drug-likeness (QED) is 0.455. The van der Waals surface area contributed by atoms with Gasteiger partial charge in [0.05, 0.1) is 0 Å². The van der Waals surface area contributed by atoms with Crippen LogP contribution >= 0.6 is 15.9 Å². The van der Waals surface area contributed by atoms with E-state index in [0.29, 0.717) is 0 Å². The fraction of sp³-hybridized carbons (Fsp3) is 0.100. The molecular formula is C10H8BrCl2Zr. The van der Waals surface area contributed by atoms with E-state index < -0.39 is 0 Å². The number of fused-ring (bicyclic) bond motifs is 1. The van der Waals surface area contributed by atoms with E-state index in [0.717, 1.165) is 0 Å². The van der Waals surface area contributed by atoms with Gasteiger partial charge in [-0.15, -0.1) is 29.0 Å². The first-order chi connectivity index (χ1) is 5.29. The van der Waals surface area contributed by atoms with E-state index in [1.807, 2.05) is 0 Å². The summed E-state index contributed by atoms with van der Waals surface area (Å²) in [5, 5.41) is 2.66. The van der Waals surface area contributed by atoms with Gasteiger partial charge in [0.1, 0.15) is 0 Å². The van der Waals surface area contributed by atoms with Crippen molar-refractivity contribution in [2.45, 2.75) is 6.92 Å². The standard InChI is InChI=1S/C10H8Br.2ClH.Zr/c1-7-5-6-8-3-2-4-9(11)10(7)8;;;/h2-6H,1H3;2*1H;/q-1;;;+3/p-2. The van der Waals surface area contributed by atoms with Gasteiger partial charge in [-0.2, -0.15) is 11.6 Å². The molecule has 0 aromatic heterocycles. The third-order valence-corrected chi connectivity index (χ3v) is 2.61. The third kappa shape index (κ3) is 3.13. The summed E-state index contributed by atoms with van der Waals surface area (Å²) in [5.74, 6) is 0. The van der Waals surface area contributed by atoms with Crippen LogP contribution < -0.4 is 24.8 Å². The van der Waals surface area contributed by atoms with E-state index in [1.54, 1.807) is 0 Å². The van der Waals surface area contributed by atoms with Crippen molar-refractivity contribution in [3.8, 4) is 0 Å². The molecule has 0 amide bonds. The summed E-state index contributed by atoms with van der Waals surface area (Å²) in [7, 11) is 0. The molecule has 2 aromatic carbocycles. The van der Waals surface area contributed by atoms with Crippen molar-refractivity contribution >= 4 is 26.7 Å². The van der Waals surface area contributed by atoms with Crippen LogP contribution in [0.25, 0.3) is 10.8 Å². The predicted molar refractivity (Wildman–Crippen MR) is 52.0 cm³/mol. The molecule has 73 valence electrons. The number of benzene rings is 1. The first kappa shape index (κ1) is 17.2. The average Bonchev–Trinajstić information content (AvgIpc) is 2.34. The Morgan fingerprint density at radius 1 is 1.21 bits per heavy atom. The first-order valence-corrected chi connectivity index (χ1v) is 4.39. The van der Waals surface area contributed by atoms with E-state index in [9.17, 15) is 0 Å². The Hall–Kier alpha value is 0.773. The SMILES string of the molecule is Cc1c[cH-]c2cccc(Br)c12.[Cl-].[Cl-].[Zr+3]. The van der Waals surface area contributed by atoms with Gasteiger partial charge in [0.2, 0.25) is 0 Å². The van der Waals surface area contributed by atoms with Crippen molar-refractivity contribution in [3.63, 3.8) is 0 Å². The van der Waals surface area contributed by atoms with E-state index in [-0.39, 0.29) is 51.0 Å². The van der Waals surface area contributed by atoms with Crippen LogP contribution in [-0.4, -0.2) is 0 Å². The topological polar surface area (TPSA) is 0 Å². The Labute approximate surface area is 124 Å². The molecule has 1 radical (unpaired) electrons. The Kier molecular flexibility index (Phi) is 8.73. The fourth-order valence-electron chi connectivity index (χ4n) is 1.39. The predicted octanol–water partition coefficient (Wildman–Crippen LogP) is -2.36. The van der Waals surface area contributed by atoms with Crippen molar-refractivity contribution in [2.24, 2.45) is 0 Å². The third-order valence-electron chi connectivity index (χ3n) is 1.95. The van der Waals surface area contributed by atoms with Crippen molar-refractivity contribution in [1.29, 1.82) is 0 Å².